The number of aryl methyl sites for hydroxylation is 1. The average Bonchev–Trinajstić information content (AvgIpc) is 2.88. The molecule has 1 unspecified atom stereocenters. The Balaban J connectivity index is 2.29. The normalized spacial score (nSPS) is 12.1. The minimum Gasteiger partial charge on any atom is -0.487 e. The molecule has 28 heavy (non-hydrogen) atoms. The van der Waals surface area contributed by atoms with E-state index in [4.69, 9.17) is 16.3 Å². The van der Waals surface area contributed by atoms with Crippen LogP contribution in [-0.2, 0) is 4.79 Å². The number of aromatic nitrogens is 2. The highest BCUT2D eigenvalue weighted by Crippen LogP contribution is 2.28. The summed E-state index contributed by atoms with van der Waals surface area (Å²) < 4.78 is 31.0. The van der Waals surface area contributed by atoms with Gasteiger partial charge in [0.05, 0.1) is 33.1 Å². The number of anilines is 1. The van der Waals surface area contributed by atoms with Crippen LogP contribution in [0.2, 0.25) is 5.02 Å². The number of nitro benzene ring substituents is 1. The Kier molecular flexibility index (Phi) is 6.90. The maximum absolute atomic E-state index is 12.7. The van der Waals surface area contributed by atoms with Gasteiger partial charge >= 0.3 is 0 Å². The quantitative estimate of drug-likeness (QED) is 0.511. The molecule has 8 nitrogen and oxygen atoms in total. The monoisotopic (exact) mass is 416 g/mol. The van der Waals surface area contributed by atoms with Crippen molar-refractivity contribution < 1.29 is 23.2 Å². The van der Waals surface area contributed by atoms with Crippen molar-refractivity contribution in [1.29, 1.82) is 0 Å². The molecule has 1 heterocycles. The summed E-state index contributed by atoms with van der Waals surface area (Å²) in [7, 11) is 0. The minimum absolute atomic E-state index is 0.0505. The summed E-state index contributed by atoms with van der Waals surface area (Å²) in [4.78, 5) is 23.1. The third kappa shape index (κ3) is 4.94. The van der Waals surface area contributed by atoms with E-state index in [1.165, 1.54) is 10.7 Å². The zero-order chi connectivity index (χ0) is 21.0. The van der Waals surface area contributed by atoms with E-state index >= 15 is 0 Å². The molecule has 1 amide bonds. The topological polar surface area (TPSA) is 99.3 Å². The lowest BCUT2D eigenvalue weighted by atomic mass is 10.2. The zero-order valence-electron chi connectivity index (χ0n) is 15.4. The zero-order valence-corrected chi connectivity index (χ0v) is 16.2. The predicted octanol–water partition coefficient (Wildman–Crippen LogP) is 4.30. The Morgan fingerprint density at radius 2 is 2.07 bits per heavy atom. The third-order valence-corrected chi connectivity index (χ3v) is 4.51. The van der Waals surface area contributed by atoms with Crippen LogP contribution in [0.25, 0.3) is 0 Å². The molecule has 2 aromatic rings. The summed E-state index contributed by atoms with van der Waals surface area (Å²) in [5, 5.41) is 18.4. The van der Waals surface area contributed by atoms with Gasteiger partial charge in [0.2, 0.25) is 5.91 Å². The molecule has 0 aliphatic heterocycles. The molecule has 0 fully saturated rings. The lowest BCUT2D eigenvalue weighted by Crippen LogP contribution is -2.27. The van der Waals surface area contributed by atoms with Crippen molar-refractivity contribution in [3.63, 3.8) is 0 Å². The van der Waals surface area contributed by atoms with Gasteiger partial charge in [0.15, 0.2) is 0 Å². The lowest BCUT2D eigenvalue weighted by molar-refractivity contribution is -0.384. The van der Waals surface area contributed by atoms with Crippen molar-refractivity contribution in [2.75, 3.05) is 11.9 Å². The van der Waals surface area contributed by atoms with E-state index in [1.54, 1.807) is 20.8 Å². The summed E-state index contributed by atoms with van der Waals surface area (Å²) in [6, 6.07) is 2.66. The summed E-state index contributed by atoms with van der Waals surface area (Å²) >= 11 is 6.13. The van der Waals surface area contributed by atoms with Crippen molar-refractivity contribution in [3.05, 3.63) is 44.7 Å². The molecule has 0 aliphatic rings. The molecule has 0 aliphatic carbocycles. The smallest absolute Gasteiger partial charge is 0.275 e. The fourth-order valence-corrected chi connectivity index (χ4v) is 2.77. The van der Waals surface area contributed by atoms with E-state index in [1.807, 2.05) is 0 Å². The molecule has 152 valence electrons. The summed E-state index contributed by atoms with van der Waals surface area (Å²) in [5.74, 6) is -0.628. The Hall–Kier alpha value is -2.75. The molecule has 0 radical (unpaired) electrons. The van der Waals surface area contributed by atoms with Crippen LogP contribution >= 0.6 is 11.6 Å². The first-order valence-corrected chi connectivity index (χ1v) is 8.74. The second-order valence-corrected chi connectivity index (χ2v) is 6.40. The first kappa shape index (κ1) is 21.5. The number of nitro groups is 1. The standard InChI is InChI=1S/C17H19ClF2N4O4/c1-4-14(23-10(3)16(18)9(2)22-23)17(25)21-11-5-12(24(26)27)7-13(6-11)28-8-15(19)20/h5-7,14-15H,4,8H2,1-3H3,(H,21,25). The van der Waals surface area contributed by atoms with E-state index in [2.05, 4.69) is 10.4 Å². The number of amides is 1. The molecule has 0 saturated carbocycles. The van der Waals surface area contributed by atoms with Gasteiger partial charge in [0.25, 0.3) is 12.1 Å². The lowest BCUT2D eigenvalue weighted by Gasteiger charge is -2.17. The second kappa shape index (κ2) is 8.96. The molecular weight excluding hydrogens is 398 g/mol. The molecule has 1 atom stereocenters. The molecule has 1 aromatic heterocycles. The minimum atomic E-state index is -2.74. The van der Waals surface area contributed by atoms with Gasteiger partial charge in [-0.3, -0.25) is 19.6 Å². The first-order valence-electron chi connectivity index (χ1n) is 8.36. The van der Waals surface area contributed by atoms with Gasteiger partial charge in [0.1, 0.15) is 18.4 Å². The van der Waals surface area contributed by atoms with Gasteiger partial charge in [-0.05, 0) is 20.3 Å². The Morgan fingerprint density at radius 1 is 1.39 bits per heavy atom. The third-order valence-electron chi connectivity index (χ3n) is 3.97. The number of rotatable bonds is 8. The van der Waals surface area contributed by atoms with E-state index in [0.29, 0.717) is 22.8 Å². The van der Waals surface area contributed by atoms with E-state index in [-0.39, 0.29) is 11.4 Å². The Morgan fingerprint density at radius 3 is 2.57 bits per heavy atom. The maximum atomic E-state index is 12.7. The van der Waals surface area contributed by atoms with Gasteiger partial charge in [-0.1, -0.05) is 18.5 Å². The van der Waals surface area contributed by atoms with Crippen LogP contribution < -0.4 is 10.1 Å². The van der Waals surface area contributed by atoms with Crippen LogP contribution in [0.5, 0.6) is 5.75 Å². The molecule has 2 rings (SSSR count). The van der Waals surface area contributed by atoms with Crippen LogP contribution in [0.4, 0.5) is 20.2 Å². The highest BCUT2D eigenvalue weighted by molar-refractivity contribution is 6.31. The van der Waals surface area contributed by atoms with Crippen molar-refractivity contribution in [2.45, 2.75) is 39.7 Å². The van der Waals surface area contributed by atoms with E-state index in [9.17, 15) is 23.7 Å². The number of ether oxygens (including phenoxy) is 1. The molecule has 0 bridgehead atoms. The van der Waals surface area contributed by atoms with Gasteiger partial charge in [-0.25, -0.2) is 8.78 Å². The fourth-order valence-electron chi connectivity index (χ4n) is 2.64. The average molecular weight is 417 g/mol. The number of hydrogen-bond acceptors (Lipinski definition) is 5. The van der Waals surface area contributed by atoms with Crippen LogP contribution in [0.15, 0.2) is 18.2 Å². The van der Waals surface area contributed by atoms with Gasteiger partial charge in [-0.15, -0.1) is 0 Å². The highest BCUT2D eigenvalue weighted by Gasteiger charge is 2.24. The number of hydrogen-bond donors (Lipinski definition) is 1. The molecule has 1 aromatic carbocycles. The molecule has 0 saturated heterocycles. The van der Waals surface area contributed by atoms with Crippen molar-refractivity contribution in [3.8, 4) is 5.75 Å². The fraction of sp³-hybridized carbons (Fsp3) is 0.412. The number of nitrogens with one attached hydrogen (secondary N) is 1. The number of alkyl halides is 2. The number of carbonyl (C=O) groups is 1. The van der Waals surface area contributed by atoms with Gasteiger partial charge in [0, 0.05) is 12.1 Å². The van der Waals surface area contributed by atoms with Crippen molar-refractivity contribution in [1.82, 2.24) is 9.78 Å². The summed E-state index contributed by atoms with van der Waals surface area (Å²) in [6.07, 6.45) is -2.36. The number of non-ortho nitro benzene ring substituents is 1. The van der Waals surface area contributed by atoms with Crippen LogP contribution in [0.1, 0.15) is 30.8 Å². The van der Waals surface area contributed by atoms with Crippen LogP contribution in [-0.4, -0.2) is 33.6 Å². The van der Waals surface area contributed by atoms with Crippen LogP contribution in [0, 0.1) is 24.0 Å². The number of nitrogens with zero attached hydrogens (tertiary/aromatic N) is 3. The van der Waals surface area contributed by atoms with Crippen molar-refractivity contribution >= 4 is 28.9 Å². The Labute approximate surface area is 164 Å². The summed E-state index contributed by atoms with van der Waals surface area (Å²) in [6.45, 7) is 4.29. The van der Waals surface area contributed by atoms with Gasteiger partial charge < -0.3 is 10.1 Å². The molecular formula is C17H19ClF2N4O4. The maximum Gasteiger partial charge on any atom is 0.275 e. The SMILES string of the molecule is CCC(C(=O)Nc1cc(OCC(F)F)cc([N+](=O)[O-])c1)n1nc(C)c(Cl)c1C. The largest absolute Gasteiger partial charge is 0.487 e. The van der Waals surface area contributed by atoms with E-state index < -0.39 is 35.6 Å². The summed E-state index contributed by atoms with van der Waals surface area (Å²) in [5.41, 5.74) is 0.837. The number of halogens is 3. The first-order chi connectivity index (χ1) is 13.1. The molecule has 0 spiro atoms. The van der Waals surface area contributed by atoms with Crippen LogP contribution in [0.3, 0.4) is 0 Å². The molecule has 11 heteroatoms. The second-order valence-electron chi connectivity index (χ2n) is 6.02. The molecule has 1 N–H and O–H groups in total. The predicted molar refractivity (Wildman–Crippen MR) is 99.3 cm³/mol. The van der Waals surface area contributed by atoms with Gasteiger partial charge in [-0.2, -0.15) is 5.10 Å². The van der Waals surface area contributed by atoms with Crippen molar-refractivity contribution in [2.24, 2.45) is 0 Å². The highest BCUT2D eigenvalue weighted by atomic mass is 35.5. The number of benzene rings is 1. The Bertz CT molecular complexity index is 888. The van der Waals surface area contributed by atoms with E-state index in [0.717, 1.165) is 12.1 Å². The number of carbonyl (C=O) groups excluding carboxylic acids is 1.